The Morgan fingerprint density at radius 2 is 1.18 bits per heavy atom. The van der Waals surface area contributed by atoms with E-state index >= 15 is 0 Å². The van der Waals surface area contributed by atoms with Gasteiger partial charge in [0.2, 0.25) is 0 Å². The van der Waals surface area contributed by atoms with Crippen molar-refractivity contribution in [2.75, 3.05) is 0 Å². The molecule has 3 aliphatic carbocycles. The first-order valence-electron chi connectivity index (χ1n) is 15.7. The van der Waals surface area contributed by atoms with Crippen LogP contribution in [0.4, 0.5) is 8.78 Å². The van der Waals surface area contributed by atoms with Crippen LogP contribution >= 0.6 is 0 Å². The number of rotatable bonds is 6. The fraction of sp³-hybridized carbons (Fsp3) is 0.639. The summed E-state index contributed by atoms with van der Waals surface area (Å²) in [5.41, 5.74) is 11.1. The second-order valence-corrected chi connectivity index (χ2v) is 13.2. The topological polar surface area (TPSA) is 9.23 Å². The van der Waals surface area contributed by atoms with Crippen molar-refractivity contribution in [3.8, 4) is 11.1 Å². The SMILES string of the molecule is Cc1cc(-c2c(C)cc(C3CCC(C4CCC(OC(F)(F)C5CC[CH-]CC5)CC4)CC3)cc2C)cc(C)c1C.[Rb+]. The summed E-state index contributed by atoms with van der Waals surface area (Å²) in [6.07, 6.45) is 10.4. The maximum absolute atomic E-state index is 14.7. The molecule has 0 bridgehead atoms. The van der Waals surface area contributed by atoms with Gasteiger partial charge in [-0.05, 0) is 148 Å². The number of halogens is 2. The van der Waals surface area contributed by atoms with Gasteiger partial charge < -0.3 is 11.2 Å². The number of ether oxygens (including phenoxy) is 1. The fourth-order valence-electron chi connectivity index (χ4n) is 8.05. The average Bonchev–Trinajstić information content (AvgIpc) is 2.92. The molecule has 0 radical (unpaired) electrons. The van der Waals surface area contributed by atoms with E-state index in [1.165, 1.54) is 70.2 Å². The van der Waals surface area contributed by atoms with Crippen LogP contribution in [0.3, 0.4) is 0 Å². The number of aryl methyl sites for hydroxylation is 4. The van der Waals surface area contributed by atoms with Crippen LogP contribution in [0.5, 0.6) is 0 Å². The Bertz CT molecular complexity index is 1090. The molecule has 214 valence electrons. The summed E-state index contributed by atoms with van der Waals surface area (Å²) in [5.74, 6) is 1.47. The summed E-state index contributed by atoms with van der Waals surface area (Å²) in [5, 5.41) is 0. The number of alkyl halides is 2. The van der Waals surface area contributed by atoms with Crippen molar-refractivity contribution < 1.29 is 71.7 Å². The summed E-state index contributed by atoms with van der Waals surface area (Å²) in [6, 6.07) is 9.59. The van der Waals surface area contributed by atoms with Gasteiger partial charge in [-0.3, -0.25) is 0 Å². The molecule has 0 aliphatic heterocycles. The van der Waals surface area contributed by atoms with Crippen LogP contribution in [-0.2, 0) is 4.74 Å². The van der Waals surface area contributed by atoms with Crippen LogP contribution in [0.2, 0.25) is 0 Å². The molecule has 0 spiro atoms. The van der Waals surface area contributed by atoms with Crippen molar-refractivity contribution in [2.45, 2.75) is 130 Å². The van der Waals surface area contributed by atoms with E-state index in [0.29, 0.717) is 24.7 Å². The van der Waals surface area contributed by atoms with E-state index in [2.05, 4.69) is 65.3 Å². The van der Waals surface area contributed by atoms with Gasteiger partial charge in [0.1, 0.15) is 0 Å². The van der Waals surface area contributed by atoms with Crippen LogP contribution in [0.15, 0.2) is 24.3 Å². The van der Waals surface area contributed by atoms with Crippen molar-refractivity contribution in [2.24, 2.45) is 17.8 Å². The molecule has 1 nitrogen and oxygen atoms in total. The maximum atomic E-state index is 14.7. The quantitative estimate of drug-likeness (QED) is 0.300. The molecule has 0 N–H and O–H groups in total. The number of hydrogen-bond acceptors (Lipinski definition) is 1. The predicted octanol–water partition coefficient (Wildman–Crippen LogP) is 7.74. The zero-order chi connectivity index (χ0) is 27.7. The molecule has 0 aromatic heterocycles. The molecule has 0 amide bonds. The molecule has 2 aromatic carbocycles. The molecular weight excluding hydrogens is 572 g/mol. The Morgan fingerprint density at radius 3 is 1.70 bits per heavy atom. The summed E-state index contributed by atoms with van der Waals surface area (Å²) < 4.78 is 35.0. The van der Waals surface area contributed by atoms with Gasteiger partial charge in [-0.1, -0.05) is 37.1 Å². The van der Waals surface area contributed by atoms with Gasteiger partial charge in [-0.15, -0.1) is 0 Å². The third kappa shape index (κ3) is 7.58. The molecule has 0 atom stereocenters. The minimum atomic E-state index is -2.95. The Balaban J connectivity index is 0.00000370. The molecule has 4 heteroatoms. The van der Waals surface area contributed by atoms with Gasteiger partial charge in [0, 0.05) is 5.92 Å². The smallest absolute Gasteiger partial charge is 0.328 e. The number of hydrogen-bond donors (Lipinski definition) is 0. The van der Waals surface area contributed by atoms with Crippen molar-refractivity contribution in [1.29, 1.82) is 0 Å². The zero-order valence-electron chi connectivity index (χ0n) is 25.9. The van der Waals surface area contributed by atoms with Gasteiger partial charge in [0.25, 0.3) is 0 Å². The van der Waals surface area contributed by atoms with Crippen molar-refractivity contribution in [1.82, 2.24) is 0 Å². The standard InChI is InChI=1S/C36H49F2O.Rb/c1-23-19-32(20-24(2)27(23)5)35-25(3)21-31(22-26(35)4)30-13-11-28(12-14-30)29-15-17-34(18-16-29)39-36(37,38)33-9-7-6-8-10-33;/h6,19-22,28-30,33-34H,7-18H2,1-5H3;/q-1;+1. The van der Waals surface area contributed by atoms with Crippen molar-refractivity contribution >= 4 is 0 Å². The number of benzene rings is 2. The third-order valence-corrected chi connectivity index (χ3v) is 10.6. The first kappa shape index (κ1) is 33.0. The minimum absolute atomic E-state index is 0. The Hall–Kier alpha value is 0.0652. The van der Waals surface area contributed by atoms with Crippen LogP contribution in [-0.4, -0.2) is 12.2 Å². The summed E-state index contributed by atoms with van der Waals surface area (Å²) >= 11 is 0. The average molecular weight is 621 g/mol. The second-order valence-electron chi connectivity index (χ2n) is 13.2. The zero-order valence-corrected chi connectivity index (χ0v) is 30.8. The van der Waals surface area contributed by atoms with Crippen molar-refractivity contribution in [3.05, 3.63) is 64.1 Å². The Morgan fingerprint density at radius 1 is 0.675 bits per heavy atom. The van der Waals surface area contributed by atoms with E-state index in [1.54, 1.807) is 0 Å². The Kier molecular flexibility index (Phi) is 11.7. The maximum Gasteiger partial charge on any atom is 1.00 e. The first-order chi connectivity index (χ1) is 18.6. The largest absolute Gasteiger partial charge is 1.00 e. The van der Waals surface area contributed by atoms with E-state index in [-0.39, 0.29) is 64.3 Å². The van der Waals surface area contributed by atoms with Crippen LogP contribution in [0.25, 0.3) is 11.1 Å². The van der Waals surface area contributed by atoms with E-state index in [4.69, 9.17) is 4.74 Å². The molecule has 0 heterocycles. The summed E-state index contributed by atoms with van der Waals surface area (Å²) in [7, 11) is 0. The Labute approximate surface area is 291 Å². The first-order valence-corrected chi connectivity index (χ1v) is 15.7. The van der Waals surface area contributed by atoms with Crippen molar-refractivity contribution in [3.63, 3.8) is 0 Å². The molecule has 40 heavy (non-hydrogen) atoms. The van der Waals surface area contributed by atoms with E-state index in [0.717, 1.165) is 44.4 Å². The normalized spacial score (nSPS) is 26.4. The van der Waals surface area contributed by atoms with Gasteiger partial charge in [0.05, 0.1) is 6.10 Å². The second kappa shape index (κ2) is 14.2. The molecule has 3 aliphatic rings. The van der Waals surface area contributed by atoms with Crippen LogP contribution in [0, 0.1) is 58.8 Å². The molecule has 0 unspecified atom stereocenters. The predicted molar refractivity (Wildman–Crippen MR) is 158 cm³/mol. The molecule has 5 rings (SSSR count). The molecule has 0 saturated heterocycles. The van der Waals surface area contributed by atoms with Crippen LogP contribution < -0.4 is 58.2 Å². The van der Waals surface area contributed by atoms with Crippen LogP contribution in [0.1, 0.15) is 116 Å². The molecular formula is C36H49F2ORb. The monoisotopic (exact) mass is 620 g/mol. The van der Waals surface area contributed by atoms with E-state index in [9.17, 15) is 8.78 Å². The molecule has 3 saturated carbocycles. The third-order valence-electron chi connectivity index (χ3n) is 10.6. The van der Waals surface area contributed by atoms with Gasteiger partial charge >= 0.3 is 64.3 Å². The molecule has 3 fully saturated rings. The summed E-state index contributed by atoms with van der Waals surface area (Å²) in [6.45, 7) is 11.2. The van der Waals surface area contributed by atoms with Gasteiger partial charge in [0.15, 0.2) is 0 Å². The minimum Gasteiger partial charge on any atom is -0.328 e. The van der Waals surface area contributed by atoms with Gasteiger partial charge in [-0.2, -0.15) is 21.6 Å². The van der Waals surface area contributed by atoms with E-state index < -0.39 is 12.0 Å². The van der Waals surface area contributed by atoms with E-state index in [1.807, 2.05) is 0 Å². The van der Waals surface area contributed by atoms with Gasteiger partial charge in [-0.25, -0.2) is 0 Å². The molecule has 2 aromatic rings. The fourth-order valence-corrected chi connectivity index (χ4v) is 8.05. The summed E-state index contributed by atoms with van der Waals surface area (Å²) in [4.78, 5) is 0.